The molecular formula is C13H19BrN6. The summed E-state index contributed by atoms with van der Waals surface area (Å²) in [7, 11) is 0. The van der Waals surface area contributed by atoms with Crippen LogP contribution < -0.4 is 0 Å². The van der Waals surface area contributed by atoms with Gasteiger partial charge in [0.15, 0.2) is 5.82 Å². The van der Waals surface area contributed by atoms with E-state index in [0.717, 1.165) is 35.7 Å². The van der Waals surface area contributed by atoms with Crippen LogP contribution in [-0.2, 0) is 19.5 Å². The van der Waals surface area contributed by atoms with E-state index in [2.05, 4.69) is 36.6 Å². The molecule has 2 aromatic rings. The maximum Gasteiger partial charge on any atom is 0.153 e. The van der Waals surface area contributed by atoms with E-state index < -0.39 is 0 Å². The number of aryl methyl sites for hydroxylation is 2. The van der Waals surface area contributed by atoms with E-state index in [-0.39, 0.29) is 0 Å². The van der Waals surface area contributed by atoms with E-state index in [0.29, 0.717) is 0 Å². The fraction of sp³-hybridized carbons (Fsp3) is 0.692. The van der Waals surface area contributed by atoms with Gasteiger partial charge < -0.3 is 0 Å². The molecule has 3 rings (SSSR count). The minimum atomic E-state index is 0.741. The van der Waals surface area contributed by atoms with Gasteiger partial charge in [-0.1, -0.05) is 19.3 Å². The monoisotopic (exact) mass is 338 g/mol. The van der Waals surface area contributed by atoms with Crippen molar-refractivity contribution < 1.29 is 0 Å². The molecule has 0 aliphatic heterocycles. The molecule has 6 nitrogen and oxygen atoms in total. The average Bonchev–Trinajstić information content (AvgIpc) is 3.07. The van der Waals surface area contributed by atoms with Crippen molar-refractivity contribution >= 4 is 15.9 Å². The van der Waals surface area contributed by atoms with E-state index in [1.54, 1.807) is 6.20 Å². The van der Waals surface area contributed by atoms with Gasteiger partial charge in [-0.3, -0.25) is 4.68 Å². The van der Waals surface area contributed by atoms with Crippen LogP contribution in [0.4, 0.5) is 0 Å². The third-order valence-corrected chi connectivity index (χ3v) is 4.34. The highest BCUT2D eigenvalue weighted by molar-refractivity contribution is 9.10. The molecule has 1 aliphatic rings. The van der Waals surface area contributed by atoms with Crippen LogP contribution in [0.5, 0.6) is 0 Å². The molecule has 7 heteroatoms. The van der Waals surface area contributed by atoms with Crippen molar-refractivity contribution in [1.29, 1.82) is 0 Å². The van der Waals surface area contributed by atoms with Gasteiger partial charge in [0.2, 0.25) is 0 Å². The van der Waals surface area contributed by atoms with Gasteiger partial charge in [-0.2, -0.15) is 5.10 Å². The van der Waals surface area contributed by atoms with Gasteiger partial charge in [0.05, 0.1) is 10.7 Å². The Bertz CT molecular complexity index is 543. The summed E-state index contributed by atoms with van der Waals surface area (Å²) >= 11 is 3.40. The zero-order valence-electron chi connectivity index (χ0n) is 11.5. The maximum atomic E-state index is 4.25. The molecule has 108 valence electrons. The smallest absolute Gasteiger partial charge is 0.153 e. The van der Waals surface area contributed by atoms with Gasteiger partial charge >= 0.3 is 0 Å². The summed E-state index contributed by atoms with van der Waals surface area (Å²) in [4.78, 5) is 0. The Hall–Kier alpha value is -1.24. The Morgan fingerprint density at radius 1 is 1.25 bits per heavy atom. The molecule has 1 saturated carbocycles. The zero-order valence-corrected chi connectivity index (χ0v) is 13.0. The second-order valence-electron chi connectivity index (χ2n) is 5.45. The molecule has 0 atom stereocenters. The van der Waals surface area contributed by atoms with E-state index in [1.807, 2.05) is 15.6 Å². The topological polar surface area (TPSA) is 61.4 Å². The van der Waals surface area contributed by atoms with Crippen molar-refractivity contribution in [1.82, 2.24) is 30.0 Å². The van der Waals surface area contributed by atoms with Crippen molar-refractivity contribution in [3.05, 3.63) is 22.7 Å². The van der Waals surface area contributed by atoms with Crippen molar-refractivity contribution in [3.63, 3.8) is 0 Å². The molecule has 20 heavy (non-hydrogen) atoms. The molecule has 2 aromatic heterocycles. The van der Waals surface area contributed by atoms with E-state index in [1.165, 1.54) is 32.1 Å². The van der Waals surface area contributed by atoms with E-state index >= 15 is 0 Å². The first-order chi connectivity index (χ1) is 9.81. The molecule has 1 aliphatic carbocycles. The van der Waals surface area contributed by atoms with Crippen molar-refractivity contribution in [2.24, 2.45) is 5.92 Å². The Kier molecular flexibility index (Phi) is 4.44. The summed E-state index contributed by atoms with van der Waals surface area (Å²) in [5.41, 5.74) is 0. The Morgan fingerprint density at radius 2 is 2.10 bits per heavy atom. The van der Waals surface area contributed by atoms with Crippen molar-refractivity contribution in [3.8, 4) is 0 Å². The Labute approximate surface area is 126 Å². The second kappa shape index (κ2) is 6.47. The highest BCUT2D eigenvalue weighted by Gasteiger charge is 2.16. The molecule has 0 amide bonds. The van der Waals surface area contributed by atoms with Crippen LogP contribution in [0.3, 0.4) is 0 Å². The lowest BCUT2D eigenvalue weighted by Crippen LogP contribution is -2.18. The lowest BCUT2D eigenvalue weighted by Gasteiger charge is -2.21. The van der Waals surface area contributed by atoms with Gasteiger partial charge in [-0.25, -0.2) is 4.68 Å². The predicted molar refractivity (Wildman–Crippen MR) is 78.0 cm³/mol. The van der Waals surface area contributed by atoms with Gasteiger partial charge in [-0.15, -0.1) is 5.10 Å². The SMILES string of the molecule is Brc1cnn(CCc2nnnn2CC2CCCCC2)c1. The molecular weight excluding hydrogens is 320 g/mol. The van der Waals surface area contributed by atoms with Crippen molar-refractivity contribution in [2.45, 2.75) is 51.6 Å². The first-order valence-electron chi connectivity index (χ1n) is 7.24. The van der Waals surface area contributed by atoms with Gasteiger partial charge in [0, 0.05) is 25.7 Å². The minimum Gasteiger partial charge on any atom is -0.271 e. The van der Waals surface area contributed by atoms with Crippen molar-refractivity contribution in [2.75, 3.05) is 0 Å². The maximum absolute atomic E-state index is 4.25. The number of nitrogens with zero attached hydrogens (tertiary/aromatic N) is 6. The highest BCUT2D eigenvalue weighted by Crippen LogP contribution is 2.24. The summed E-state index contributed by atoms with van der Waals surface area (Å²) in [6.07, 6.45) is 11.3. The Morgan fingerprint density at radius 3 is 2.85 bits per heavy atom. The quantitative estimate of drug-likeness (QED) is 0.840. The zero-order chi connectivity index (χ0) is 13.8. The molecule has 0 radical (unpaired) electrons. The normalized spacial score (nSPS) is 16.6. The molecule has 0 spiro atoms. The molecule has 0 bridgehead atoms. The standard InChI is InChI=1S/C13H19BrN6/c14-12-8-15-19(10-12)7-6-13-16-17-18-20(13)9-11-4-2-1-3-5-11/h8,10-11H,1-7,9H2. The lowest BCUT2D eigenvalue weighted by molar-refractivity contribution is 0.301. The largest absolute Gasteiger partial charge is 0.271 e. The van der Waals surface area contributed by atoms with E-state index in [9.17, 15) is 0 Å². The highest BCUT2D eigenvalue weighted by atomic mass is 79.9. The van der Waals surface area contributed by atoms with Crippen LogP contribution in [-0.4, -0.2) is 30.0 Å². The van der Waals surface area contributed by atoms with Crippen LogP contribution in [0.2, 0.25) is 0 Å². The van der Waals surface area contributed by atoms with Gasteiger partial charge in [0.1, 0.15) is 0 Å². The number of tetrazole rings is 1. The fourth-order valence-electron chi connectivity index (χ4n) is 2.83. The first-order valence-corrected chi connectivity index (χ1v) is 8.03. The van der Waals surface area contributed by atoms with Crippen LogP contribution in [0.15, 0.2) is 16.9 Å². The van der Waals surface area contributed by atoms with Gasteiger partial charge in [-0.05, 0) is 45.1 Å². The first kappa shape index (κ1) is 13.7. The third kappa shape index (κ3) is 3.45. The summed E-state index contributed by atoms with van der Waals surface area (Å²) in [5, 5.41) is 16.4. The summed E-state index contributed by atoms with van der Waals surface area (Å²) in [6.45, 7) is 1.77. The average molecular weight is 339 g/mol. The van der Waals surface area contributed by atoms with Gasteiger partial charge in [0.25, 0.3) is 0 Å². The summed E-state index contributed by atoms with van der Waals surface area (Å²) in [5.74, 6) is 1.70. The lowest BCUT2D eigenvalue weighted by atomic mass is 9.89. The van der Waals surface area contributed by atoms with Crippen LogP contribution in [0.25, 0.3) is 0 Å². The summed E-state index contributed by atoms with van der Waals surface area (Å²) in [6, 6.07) is 0. The second-order valence-corrected chi connectivity index (χ2v) is 6.37. The molecule has 0 N–H and O–H groups in total. The number of aromatic nitrogens is 6. The number of rotatable bonds is 5. The number of halogens is 1. The molecule has 0 unspecified atom stereocenters. The molecule has 1 fully saturated rings. The van der Waals surface area contributed by atoms with Crippen LogP contribution in [0.1, 0.15) is 37.9 Å². The predicted octanol–water partition coefficient (Wildman–Crippen LogP) is 2.46. The Balaban J connectivity index is 1.58. The molecule has 0 aromatic carbocycles. The minimum absolute atomic E-state index is 0.741. The summed E-state index contributed by atoms with van der Waals surface area (Å²) < 4.78 is 4.89. The molecule has 0 saturated heterocycles. The van der Waals surface area contributed by atoms with Crippen LogP contribution in [0, 0.1) is 5.92 Å². The third-order valence-electron chi connectivity index (χ3n) is 3.93. The molecule has 2 heterocycles. The number of hydrogen-bond acceptors (Lipinski definition) is 4. The van der Waals surface area contributed by atoms with E-state index in [4.69, 9.17) is 0 Å². The fourth-order valence-corrected chi connectivity index (χ4v) is 3.16. The van der Waals surface area contributed by atoms with Crippen LogP contribution >= 0.6 is 15.9 Å². The number of hydrogen-bond donors (Lipinski definition) is 0.